The molecule has 8 heteroatoms. The summed E-state index contributed by atoms with van der Waals surface area (Å²) in [6.07, 6.45) is 3.93. The van der Waals surface area contributed by atoms with Crippen LogP contribution in [0, 0.1) is 45.1 Å². The van der Waals surface area contributed by atoms with Crippen molar-refractivity contribution in [3.05, 3.63) is 69.1 Å². The Morgan fingerprint density at radius 3 is 1.83 bits per heavy atom. The van der Waals surface area contributed by atoms with Crippen LogP contribution in [0.25, 0.3) is 0 Å². The summed E-state index contributed by atoms with van der Waals surface area (Å²) in [4.78, 5) is 12.4. The Morgan fingerprint density at radius 1 is 0.967 bits per heavy atom. The number of hydrogen-bond acceptors (Lipinski definition) is 2. The quantitative estimate of drug-likeness (QED) is 0.504. The number of Topliss-reactive ketones (excluding diaryl/α,β-unsaturated/α-hetero) is 1. The fourth-order valence-corrected chi connectivity index (χ4v) is 3.50. The fraction of sp³-hybridized carbons (Fsp3) is 0.409. The van der Waals surface area contributed by atoms with Crippen LogP contribution in [0.15, 0.2) is 30.3 Å². The number of ether oxygens (including phenoxy) is 1. The molecule has 0 aliphatic heterocycles. The summed E-state index contributed by atoms with van der Waals surface area (Å²) in [5.41, 5.74) is 1.24. The van der Waals surface area contributed by atoms with Gasteiger partial charge < -0.3 is 0 Å². The van der Waals surface area contributed by atoms with Gasteiger partial charge in [-0.15, -0.1) is 0 Å². The first-order valence-electron chi connectivity index (χ1n) is 8.32. The molecule has 1 saturated carbocycles. The van der Waals surface area contributed by atoms with Crippen LogP contribution >= 0.6 is 0 Å². The molecule has 7 nitrogen and oxygen atoms in total. The Balaban J connectivity index is -0.000000296. The number of benzene rings is 1. The van der Waals surface area contributed by atoms with Crippen LogP contribution in [0.2, 0.25) is 0 Å². The molecule has 1 fully saturated rings. The summed E-state index contributed by atoms with van der Waals surface area (Å²) in [6.45, 7) is 24.6. The van der Waals surface area contributed by atoms with Crippen LogP contribution in [0.5, 0.6) is 0 Å². The van der Waals surface area contributed by atoms with E-state index in [9.17, 15) is 4.79 Å². The van der Waals surface area contributed by atoms with E-state index in [4.69, 9.17) is 28.0 Å². The van der Waals surface area contributed by atoms with E-state index >= 15 is 0 Å². The third-order valence-electron chi connectivity index (χ3n) is 4.33. The molecule has 3 atom stereocenters. The third kappa shape index (κ3) is 13.2. The minimum absolute atomic E-state index is 0.125. The molecule has 158 valence electrons. The number of carbonyl (C=O) groups excluding carboxylic acids is 1. The maximum atomic E-state index is 12.4. The Kier molecular flexibility index (Phi) is 31.8. The van der Waals surface area contributed by atoms with Crippen LogP contribution in [-0.2, 0) is 48.6 Å². The van der Waals surface area contributed by atoms with E-state index in [0.29, 0.717) is 5.78 Å². The zero-order valence-electron chi connectivity index (χ0n) is 16.7. The molecule has 0 aromatic heterocycles. The summed E-state index contributed by atoms with van der Waals surface area (Å²) < 4.78 is 43.8. The molecule has 0 spiro atoms. The van der Waals surface area contributed by atoms with Gasteiger partial charge in [-0.25, -0.2) is 0 Å². The molecule has 0 bridgehead atoms. The van der Waals surface area contributed by atoms with Gasteiger partial charge in [0, 0.05) is 0 Å². The van der Waals surface area contributed by atoms with Gasteiger partial charge in [0.05, 0.1) is 0 Å². The van der Waals surface area contributed by atoms with E-state index in [1.165, 1.54) is 5.56 Å². The summed E-state index contributed by atoms with van der Waals surface area (Å²) in [5.74, 6) is 0.954. The number of rotatable bonds is 5. The van der Waals surface area contributed by atoms with Crippen molar-refractivity contribution in [3.8, 4) is 0 Å². The first-order valence-corrected chi connectivity index (χ1v) is 8.96. The van der Waals surface area contributed by atoms with Gasteiger partial charge in [-0.1, -0.05) is 0 Å². The number of carbonyl (C=O) groups is 1. The predicted molar refractivity (Wildman–Crippen MR) is 97.0 cm³/mol. The van der Waals surface area contributed by atoms with Gasteiger partial charge in [0.25, 0.3) is 0 Å². The Bertz CT molecular complexity index is 639. The summed E-state index contributed by atoms with van der Waals surface area (Å²) >= 11 is 3.01. The van der Waals surface area contributed by atoms with Crippen molar-refractivity contribution >= 4 is 10.3 Å². The topological polar surface area (TPSA) is 126 Å². The Morgan fingerprint density at radius 2 is 1.43 bits per heavy atom. The van der Waals surface area contributed by atoms with Gasteiger partial charge in [-0.2, -0.15) is 0 Å². The van der Waals surface area contributed by atoms with Gasteiger partial charge in [-0.3, -0.25) is 0 Å². The molecule has 1 aromatic carbocycles. The van der Waals surface area contributed by atoms with Crippen molar-refractivity contribution in [2.24, 2.45) is 11.8 Å². The predicted octanol–water partition coefficient (Wildman–Crippen LogP) is 3.30. The van der Waals surface area contributed by atoms with Gasteiger partial charge in [0.1, 0.15) is 0 Å². The van der Waals surface area contributed by atoms with Gasteiger partial charge >= 0.3 is 186 Å². The SMILES string of the molecule is CO[C](=[Cr])[C@H](C)[C@@H](c1ccccc1)[C@@H]1CCCCC1=O.[C-]#[O+].[C-]#[O+].[C-]#[O+].[C-]#[O+].[C-]#[O+]. The zero-order chi connectivity index (χ0) is 24.5. The molecule has 1 aliphatic carbocycles. The second-order valence-corrected chi connectivity index (χ2v) is 6.20. The second-order valence-electron chi connectivity index (χ2n) is 5.57. The molecule has 2 rings (SSSR count). The minimum atomic E-state index is 0.125. The van der Waals surface area contributed by atoms with Crippen LogP contribution in [0.4, 0.5) is 0 Å². The molecular weight excluding hydrogens is 428 g/mol. The van der Waals surface area contributed by atoms with E-state index in [2.05, 4.69) is 68.2 Å². The van der Waals surface area contributed by atoms with Crippen molar-refractivity contribution in [3.63, 3.8) is 0 Å². The summed E-state index contributed by atoms with van der Waals surface area (Å²) in [7, 11) is 1.69. The molecule has 0 radical (unpaired) electrons. The first kappa shape index (κ1) is 35.4. The number of hydrogen-bond donors (Lipinski definition) is 0. The van der Waals surface area contributed by atoms with Crippen LogP contribution in [0.3, 0.4) is 0 Å². The Labute approximate surface area is 185 Å². The zero-order valence-corrected chi connectivity index (χ0v) is 18.0. The van der Waals surface area contributed by atoms with Crippen molar-refractivity contribution in [2.75, 3.05) is 7.11 Å². The van der Waals surface area contributed by atoms with Crippen molar-refractivity contribution in [1.82, 2.24) is 0 Å². The number of ketones is 1. The first-order chi connectivity index (χ1) is 14.6. The standard InChI is InChI=1S/C17H22O2.5CO.Cr/c1-13(12-19-2)17(14-8-4-3-5-9-14)15-10-6-7-11-16(15)18;5*1-2;/h3-5,8-9,13,15,17H,6-7,10-11H2,1-2H3;;;;;;/t13-,15+,17-;;;;;;/m0....../s1. The van der Waals surface area contributed by atoms with Crippen LogP contribution < -0.4 is 0 Å². The number of methoxy groups -OCH3 is 1. The third-order valence-corrected chi connectivity index (χ3v) is 5.17. The monoisotopic (exact) mass is 450 g/mol. The average molecular weight is 450 g/mol. The Hall–Kier alpha value is -2.05. The molecule has 1 aliphatic rings. The molecule has 0 unspecified atom stereocenters. The maximum absolute atomic E-state index is 12.4. The van der Waals surface area contributed by atoms with Crippen LogP contribution in [-0.4, -0.2) is 17.5 Å². The van der Waals surface area contributed by atoms with E-state index in [1.807, 2.05) is 18.2 Å². The van der Waals surface area contributed by atoms with Crippen LogP contribution in [0.1, 0.15) is 44.1 Å². The van der Waals surface area contributed by atoms with Crippen molar-refractivity contribution in [2.45, 2.75) is 38.5 Å². The summed E-state index contributed by atoms with van der Waals surface area (Å²) in [5, 5.41) is 0. The molecule has 0 amide bonds. The average Bonchev–Trinajstić information content (AvgIpc) is 2.87. The van der Waals surface area contributed by atoms with Gasteiger partial charge in [0.15, 0.2) is 0 Å². The molecule has 0 heterocycles. The van der Waals surface area contributed by atoms with E-state index in [1.54, 1.807) is 7.11 Å². The fourth-order valence-electron chi connectivity index (χ4n) is 3.27. The molecule has 30 heavy (non-hydrogen) atoms. The van der Waals surface area contributed by atoms with Gasteiger partial charge in [0.2, 0.25) is 0 Å². The molecule has 1 aromatic rings. The van der Waals surface area contributed by atoms with E-state index in [0.717, 1.165) is 30.2 Å². The van der Waals surface area contributed by atoms with Crippen molar-refractivity contribution in [1.29, 1.82) is 0 Å². The van der Waals surface area contributed by atoms with Gasteiger partial charge in [-0.05, 0) is 0 Å². The molecular formula is C22H22CrO7. The normalized spacial score (nSPS) is 15.2. The second kappa shape index (κ2) is 27.0. The van der Waals surface area contributed by atoms with Crippen molar-refractivity contribution < 1.29 is 48.6 Å². The molecule has 0 N–H and O–H groups in total. The van der Waals surface area contributed by atoms with E-state index < -0.39 is 0 Å². The summed E-state index contributed by atoms with van der Waals surface area (Å²) in [6, 6.07) is 10.4. The molecule has 0 saturated heterocycles. The van der Waals surface area contributed by atoms with E-state index in [-0.39, 0.29) is 17.8 Å².